The van der Waals surface area contributed by atoms with Crippen LogP contribution in [-0.2, 0) is 0 Å². The lowest BCUT2D eigenvalue weighted by Gasteiger charge is -2.11. The van der Waals surface area contributed by atoms with Crippen molar-refractivity contribution < 1.29 is 0 Å². The van der Waals surface area contributed by atoms with E-state index in [0.29, 0.717) is 0 Å². The Balaban J connectivity index is 1.99. The predicted molar refractivity (Wildman–Crippen MR) is 91.9 cm³/mol. The van der Waals surface area contributed by atoms with Gasteiger partial charge >= 0.3 is 0 Å². The number of rotatable bonds is 4. The van der Waals surface area contributed by atoms with Gasteiger partial charge in [0.15, 0.2) is 0 Å². The summed E-state index contributed by atoms with van der Waals surface area (Å²) in [6, 6.07) is 10.5. The Labute approximate surface area is 126 Å². The summed E-state index contributed by atoms with van der Waals surface area (Å²) >= 11 is 5.09. The Morgan fingerprint density at radius 3 is 2.26 bits per heavy atom. The summed E-state index contributed by atoms with van der Waals surface area (Å²) in [6.07, 6.45) is 8.29. The maximum atomic E-state index is 5.09. The second-order valence-electron chi connectivity index (χ2n) is 4.24. The van der Waals surface area contributed by atoms with Gasteiger partial charge in [-0.05, 0) is 29.8 Å². The van der Waals surface area contributed by atoms with E-state index in [4.69, 9.17) is 12.2 Å². The van der Waals surface area contributed by atoms with Crippen LogP contribution in [-0.4, -0.2) is 14.1 Å². The average Bonchev–Trinajstić information content (AvgIpc) is 2.81. The van der Waals surface area contributed by atoms with Crippen molar-refractivity contribution in [2.45, 2.75) is 0 Å². The SMILES string of the molecule is CN(C)c1ccc(/C=C/C=C/c2cc(=S)ss2)cc1. The molecule has 0 aliphatic rings. The fourth-order valence-electron chi connectivity index (χ4n) is 1.53. The molecule has 0 N–H and O–H groups in total. The molecule has 1 nitrogen and oxygen atoms in total. The standard InChI is InChI=1S/C15H15NS3/c1-16(2)13-9-7-12(8-10-13)5-3-4-6-14-11-15(17)19-18-14/h3-11H,1-2H3/b5-3+,6-4+. The summed E-state index contributed by atoms with van der Waals surface area (Å²) in [7, 11) is 7.44. The molecule has 0 saturated carbocycles. The van der Waals surface area contributed by atoms with Gasteiger partial charge in [0.05, 0.1) is 0 Å². The highest BCUT2D eigenvalue weighted by Crippen LogP contribution is 2.19. The normalized spacial score (nSPS) is 11.5. The van der Waals surface area contributed by atoms with Crippen molar-refractivity contribution in [3.8, 4) is 0 Å². The van der Waals surface area contributed by atoms with Crippen molar-refractivity contribution in [2.24, 2.45) is 0 Å². The highest BCUT2D eigenvalue weighted by atomic mass is 32.9. The molecule has 0 saturated heterocycles. The van der Waals surface area contributed by atoms with E-state index >= 15 is 0 Å². The lowest BCUT2D eigenvalue weighted by molar-refractivity contribution is 1.13. The minimum atomic E-state index is 0.952. The Hall–Kier alpha value is -1.23. The molecule has 1 heterocycles. The first-order valence-corrected chi connectivity index (χ1v) is 8.43. The first-order chi connectivity index (χ1) is 9.15. The molecule has 4 heteroatoms. The van der Waals surface area contributed by atoms with Crippen LogP contribution >= 0.6 is 32.9 Å². The summed E-state index contributed by atoms with van der Waals surface area (Å²) in [5.74, 6) is 0. The molecule has 0 aliphatic carbocycles. The summed E-state index contributed by atoms with van der Waals surface area (Å²) < 4.78 is 0.952. The lowest BCUT2D eigenvalue weighted by Crippen LogP contribution is -2.07. The van der Waals surface area contributed by atoms with Crippen LogP contribution < -0.4 is 4.90 Å². The number of benzene rings is 1. The number of hydrogen-bond donors (Lipinski definition) is 0. The zero-order valence-electron chi connectivity index (χ0n) is 10.9. The fraction of sp³-hybridized carbons (Fsp3) is 0.133. The van der Waals surface area contributed by atoms with Crippen LogP contribution in [0.5, 0.6) is 0 Å². The third-order valence-electron chi connectivity index (χ3n) is 2.55. The van der Waals surface area contributed by atoms with Gasteiger partial charge in [-0.25, -0.2) is 0 Å². The maximum absolute atomic E-state index is 5.09. The Bertz CT molecular complexity index is 630. The van der Waals surface area contributed by atoms with E-state index in [1.807, 2.05) is 26.2 Å². The first-order valence-electron chi connectivity index (χ1n) is 5.87. The summed E-state index contributed by atoms with van der Waals surface area (Å²) in [5, 5.41) is 0. The molecule has 1 aromatic heterocycles. The molecule has 0 atom stereocenters. The van der Waals surface area contributed by atoms with Gasteiger partial charge in [-0.2, -0.15) is 0 Å². The minimum absolute atomic E-state index is 0.952. The fourth-order valence-corrected chi connectivity index (χ4v) is 3.76. The van der Waals surface area contributed by atoms with Gasteiger partial charge in [-0.3, -0.25) is 0 Å². The van der Waals surface area contributed by atoms with Gasteiger partial charge in [-0.1, -0.05) is 63.3 Å². The topological polar surface area (TPSA) is 3.24 Å². The summed E-state index contributed by atoms with van der Waals surface area (Å²) in [6.45, 7) is 0. The van der Waals surface area contributed by atoms with Gasteiger partial charge in [-0.15, -0.1) is 0 Å². The van der Waals surface area contributed by atoms with E-state index in [0.717, 1.165) is 3.82 Å². The molecule has 0 amide bonds. The molecule has 19 heavy (non-hydrogen) atoms. The van der Waals surface area contributed by atoms with Gasteiger partial charge in [0.2, 0.25) is 0 Å². The second kappa shape index (κ2) is 6.80. The van der Waals surface area contributed by atoms with E-state index in [9.17, 15) is 0 Å². The third kappa shape index (κ3) is 4.42. The Kier molecular flexibility index (Phi) is 5.07. The maximum Gasteiger partial charge on any atom is 0.102 e. The van der Waals surface area contributed by atoms with Crippen LogP contribution in [0.3, 0.4) is 0 Å². The van der Waals surface area contributed by atoms with Crippen molar-refractivity contribution in [2.75, 3.05) is 19.0 Å². The van der Waals surface area contributed by atoms with E-state index in [2.05, 4.69) is 47.4 Å². The van der Waals surface area contributed by atoms with Crippen molar-refractivity contribution >= 4 is 50.7 Å². The molecule has 0 fully saturated rings. The van der Waals surface area contributed by atoms with Crippen LogP contribution in [0.4, 0.5) is 5.69 Å². The van der Waals surface area contributed by atoms with E-state index in [1.54, 1.807) is 20.7 Å². The molecule has 2 rings (SSSR count). The summed E-state index contributed by atoms with van der Waals surface area (Å²) in [5.41, 5.74) is 2.42. The molecule has 0 unspecified atom stereocenters. The van der Waals surface area contributed by atoms with Crippen molar-refractivity contribution in [1.82, 2.24) is 0 Å². The van der Waals surface area contributed by atoms with Crippen LogP contribution in [0.25, 0.3) is 12.2 Å². The monoisotopic (exact) mass is 305 g/mol. The van der Waals surface area contributed by atoms with E-state index < -0.39 is 0 Å². The van der Waals surface area contributed by atoms with E-state index in [1.165, 1.54) is 16.1 Å². The Morgan fingerprint density at radius 2 is 1.68 bits per heavy atom. The number of allylic oxidation sites excluding steroid dienone is 2. The molecule has 0 spiro atoms. The average molecular weight is 305 g/mol. The molecule has 1 aromatic carbocycles. The second-order valence-corrected chi connectivity index (χ2v) is 7.18. The van der Waals surface area contributed by atoms with Crippen LogP contribution in [0.1, 0.15) is 10.4 Å². The molecule has 0 aliphatic heterocycles. The lowest BCUT2D eigenvalue weighted by atomic mass is 10.2. The highest BCUT2D eigenvalue weighted by molar-refractivity contribution is 7.79. The smallest absolute Gasteiger partial charge is 0.102 e. The molecular weight excluding hydrogens is 290 g/mol. The minimum Gasteiger partial charge on any atom is -0.378 e. The summed E-state index contributed by atoms with van der Waals surface area (Å²) in [4.78, 5) is 3.31. The third-order valence-corrected chi connectivity index (χ3v) is 5.41. The number of anilines is 1. The van der Waals surface area contributed by atoms with Gasteiger partial charge in [0.1, 0.15) is 3.82 Å². The largest absolute Gasteiger partial charge is 0.378 e. The number of hydrogen-bond acceptors (Lipinski definition) is 4. The first kappa shape index (κ1) is 14.2. The molecular formula is C15H15NS3. The highest BCUT2D eigenvalue weighted by Gasteiger charge is 1.93. The van der Waals surface area contributed by atoms with Gasteiger partial charge < -0.3 is 4.90 Å². The molecule has 98 valence electrons. The van der Waals surface area contributed by atoms with Gasteiger partial charge in [0.25, 0.3) is 0 Å². The quantitative estimate of drug-likeness (QED) is 0.426. The Morgan fingerprint density at radius 1 is 1.00 bits per heavy atom. The molecule has 0 radical (unpaired) electrons. The zero-order chi connectivity index (χ0) is 13.7. The van der Waals surface area contributed by atoms with Crippen LogP contribution in [0.2, 0.25) is 0 Å². The van der Waals surface area contributed by atoms with E-state index in [-0.39, 0.29) is 0 Å². The van der Waals surface area contributed by atoms with Gasteiger partial charge in [0, 0.05) is 24.7 Å². The predicted octanol–water partition coefficient (Wildman–Crippen LogP) is 5.33. The zero-order valence-corrected chi connectivity index (χ0v) is 13.3. The number of nitrogens with zero attached hydrogens (tertiary/aromatic N) is 1. The molecule has 0 bridgehead atoms. The van der Waals surface area contributed by atoms with Crippen LogP contribution in [0, 0.1) is 3.82 Å². The van der Waals surface area contributed by atoms with Crippen molar-refractivity contribution in [3.63, 3.8) is 0 Å². The molecule has 2 aromatic rings. The van der Waals surface area contributed by atoms with Crippen molar-refractivity contribution in [1.29, 1.82) is 0 Å². The van der Waals surface area contributed by atoms with Crippen LogP contribution in [0.15, 0.2) is 42.5 Å². The van der Waals surface area contributed by atoms with Crippen molar-refractivity contribution in [3.05, 3.63) is 56.7 Å².